The fraction of sp³-hybridized carbons (Fsp3) is 0.316. The Morgan fingerprint density at radius 1 is 1.27 bits per heavy atom. The number of thiophene rings is 1. The second-order valence-corrected chi connectivity index (χ2v) is 8.19. The second-order valence-electron chi connectivity index (χ2n) is 6.70. The Balaban J connectivity index is 1.63. The summed E-state index contributed by atoms with van der Waals surface area (Å²) >= 11 is 7.04. The van der Waals surface area contributed by atoms with Crippen LogP contribution in [0.3, 0.4) is 0 Å². The third-order valence-corrected chi connectivity index (χ3v) is 6.13. The van der Waals surface area contributed by atoms with Gasteiger partial charge < -0.3 is 5.32 Å². The lowest BCUT2D eigenvalue weighted by molar-refractivity contribution is 0.699. The van der Waals surface area contributed by atoms with Gasteiger partial charge in [0, 0.05) is 10.6 Å². The third-order valence-electron chi connectivity index (χ3n) is 4.74. The number of thiocarbonyl (C=S) groups is 1. The van der Waals surface area contributed by atoms with Crippen molar-refractivity contribution < 1.29 is 0 Å². The standard InChI is InChI=1S/C19H20N4OS2/c1-11-7-8-12(2)14(9-11)21-19(25)22-23-10-20-17-16(18(23)24)13-5-3-4-6-15(13)26-17/h7-10H,3-6H2,1-2H3,(H2,21,22,25). The van der Waals surface area contributed by atoms with Gasteiger partial charge in [-0.2, -0.15) is 0 Å². The molecule has 2 N–H and O–H groups in total. The largest absolute Gasteiger partial charge is 0.331 e. The molecule has 7 heteroatoms. The average molecular weight is 385 g/mol. The molecule has 0 amide bonds. The number of nitrogens with one attached hydrogen (secondary N) is 2. The molecule has 0 saturated heterocycles. The van der Waals surface area contributed by atoms with Crippen molar-refractivity contribution in [3.8, 4) is 0 Å². The van der Waals surface area contributed by atoms with Gasteiger partial charge in [0.1, 0.15) is 11.2 Å². The van der Waals surface area contributed by atoms with Gasteiger partial charge in [-0.1, -0.05) is 12.1 Å². The average Bonchev–Trinajstić information content (AvgIpc) is 3.00. The molecule has 1 aromatic carbocycles. The first-order valence-corrected chi connectivity index (χ1v) is 9.92. The Morgan fingerprint density at radius 2 is 2.08 bits per heavy atom. The number of rotatable bonds is 2. The summed E-state index contributed by atoms with van der Waals surface area (Å²) in [7, 11) is 0. The number of hydrogen-bond acceptors (Lipinski definition) is 4. The van der Waals surface area contributed by atoms with E-state index in [1.165, 1.54) is 27.9 Å². The van der Waals surface area contributed by atoms with Crippen LogP contribution in [0.25, 0.3) is 10.2 Å². The van der Waals surface area contributed by atoms with Crippen LogP contribution in [-0.4, -0.2) is 14.8 Å². The zero-order valence-corrected chi connectivity index (χ0v) is 16.4. The van der Waals surface area contributed by atoms with Gasteiger partial charge in [-0.3, -0.25) is 10.2 Å². The quantitative estimate of drug-likeness (QED) is 0.657. The van der Waals surface area contributed by atoms with Gasteiger partial charge in [0.05, 0.1) is 5.39 Å². The van der Waals surface area contributed by atoms with E-state index in [1.54, 1.807) is 11.3 Å². The molecule has 0 unspecified atom stereocenters. The van der Waals surface area contributed by atoms with Gasteiger partial charge >= 0.3 is 0 Å². The maximum atomic E-state index is 13.0. The first-order valence-electron chi connectivity index (χ1n) is 8.70. The predicted molar refractivity (Wildman–Crippen MR) is 112 cm³/mol. The normalized spacial score (nSPS) is 13.5. The number of hydrogen-bond donors (Lipinski definition) is 2. The van der Waals surface area contributed by atoms with E-state index in [-0.39, 0.29) is 5.56 Å². The Labute approximate surface area is 161 Å². The van der Waals surface area contributed by atoms with E-state index in [0.717, 1.165) is 46.3 Å². The van der Waals surface area contributed by atoms with Gasteiger partial charge in [0.2, 0.25) is 0 Å². The molecule has 26 heavy (non-hydrogen) atoms. The topological polar surface area (TPSA) is 58.9 Å². The van der Waals surface area contributed by atoms with E-state index >= 15 is 0 Å². The van der Waals surface area contributed by atoms with Crippen molar-refractivity contribution in [3.63, 3.8) is 0 Å². The fourth-order valence-corrected chi connectivity index (χ4v) is 4.78. The molecule has 5 nitrogen and oxygen atoms in total. The highest BCUT2D eigenvalue weighted by Crippen LogP contribution is 2.33. The Morgan fingerprint density at radius 3 is 2.92 bits per heavy atom. The molecular formula is C19H20N4OS2. The molecule has 0 saturated carbocycles. The summed E-state index contributed by atoms with van der Waals surface area (Å²) in [5.74, 6) is 0. The lowest BCUT2D eigenvalue weighted by Gasteiger charge is -2.14. The number of anilines is 1. The van der Waals surface area contributed by atoms with Crippen molar-refractivity contribution in [1.82, 2.24) is 9.66 Å². The highest BCUT2D eigenvalue weighted by molar-refractivity contribution is 7.80. The van der Waals surface area contributed by atoms with Gasteiger partial charge in [-0.05, 0) is 74.5 Å². The van der Waals surface area contributed by atoms with Crippen LogP contribution in [0.1, 0.15) is 34.4 Å². The van der Waals surface area contributed by atoms with E-state index in [0.29, 0.717) is 5.11 Å². The molecule has 0 radical (unpaired) electrons. The van der Waals surface area contributed by atoms with Gasteiger partial charge in [0.15, 0.2) is 5.11 Å². The zero-order chi connectivity index (χ0) is 18.3. The van der Waals surface area contributed by atoms with Crippen molar-refractivity contribution in [3.05, 3.63) is 56.4 Å². The first kappa shape index (κ1) is 17.2. The van der Waals surface area contributed by atoms with Gasteiger partial charge in [-0.25, -0.2) is 9.66 Å². The van der Waals surface area contributed by atoms with Crippen LogP contribution < -0.4 is 16.3 Å². The molecular weight excluding hydrogens is 364 g/mol. The van der Waals surface area contributed by atoms with E-state index in [9.17, 15) is 4.79 Å². The number of aryl methyl sites for hydroxylation is 4. The minimum atomic E-state index is -0.0838. The van der Waals surface area contributed by atoms with E-state index in [4.69, 9.17) is 12.2 Å². The van der Waals surface area contributed by atoms with Crippen molar-refractivity contribution in [1.29, 1.82) is 0 Å². The molecule has 3 aromatic rings. The van der Waals surface area contributed by atoms with Crippen molar-refractivity contribution in [2.75, 3.05) is 10.7 Å². The number of fused-ring (bicyclic) bond motifs is 3. The summed E-state index contributed by atoms with van der Waals surface area (Å²) in [6.45, 7) is 4.05. The van der Waals surface area contributed by atoms with Crippen LogP contribution in [0.5, 0.6) is 0 Å². The molecule has 0 aliphatic heterocycles. The summed E-state index contributed by atoms with van der Waals surface area (Å²) in [5.41, 5.74) is 7.22. The SMILES string of the molecule is Cc1ccc(C)c(NC(=S)Nn2cnc3sc4c(c3c2=O)CCCC4)c1. The molecule has 1 aliphatic rings. The number of nitrogens with zero attached hydrogens (tertiary/aromatic N) is 2. The summed E-state index contributed by atoms with van der Waals surface area (Å²) < 4.78 is 1.38. The Kier molecular flexibility index (Phi) is 4.50. The van der Waals surface area contributed by atoms with E-state index in [1.807, 2.05) is 26.0 Å². The van der Waals surface area contributed by atoms with Gasteiger partial charge in [0.25, 0.3) is 5.56 Å². The second kappa shape index (κ2) is 6.81. The molecule has 2 heterocycles. The van der Waals surface area contributed by atoms with Crippen molar-refractivity contribution in [2.24, 2.45) is 0 Å². The molecule has 1 aliphatic carbocycles. The molecule has 4 rings (SSSR count). The smallest absolute Gasteiger partial charge is 0.281 e. The third kappa shape index (κ3) is 3.12. The lowest BCUT2D eigenvalue weighted by Crippen LogP contribution is -2.35. The minimum Gasteiger partial charge on any atom is -0.331 e. The van der Waals surface area contributed by atoms with E-state index in [2.05, 4.69) is 21.8 Å². The van der Waals surface area contributed by atoms with Crippen molar-refractivity contribution >= 4 is 44.6 Å². The highest BCUT2D eigenvalue weighted by Gasteiger charge is 2.20. The van der Waals surface area contributed by atoms with Crippen LogP contribution in [0, 0.1) is 13.8 Å². The summed E-state index contributed by atoms with van der Waals surface area (Å²) in [4.78, 5) is 19.6. The predicted octanol–water partition coefficient (Wildman–Crippen LogP) is 3.89. The summed E-state index contributed by atoms with van der Waals surface area (Å²) in [5, 5.41) is 4.28. The maximum absolute atomic E-state index is 13.0. The van der Waals surface area contributed by atoms with Crippen LogP contribution in [-0.2, 0) is 12.8 Å². The molecule has 134 valence electrons. The lowest BCUT2D eigenvalue weighted by atomic mass is 9.97. The highest BCUT2D eigenvalue weighted by atomic mass is 32.1. The van der Waals surface area contributed by atoms with Crippen molar-refractivity contribution in [2.45, 2.75) is 39.5 Å². The minimum absolute atomic E-state index is 0.0838. The number of aromatic nitrogens is 2. The Bertz CT molecular complexity index is 1070. The summed E-state index contributed by atoms with van der Waals surface area (Å²) in [6.07, 6.45) is 5.85. The van der Waals surface area contributed by atoms with Crippen LogP contribution >= 0.6 is 23.6 Å². The number of benzene rings is 1. The summed E-state index contributed by atoms with van der Waals surface area (Å²) in [6, 6.07) is 6.12. The molecule has 0 spiro atoms. The first-order chi connectivity index (χ1) is 12.5. The zero-order valence-electron chi connectivity index (χ0n) is 14.8. The van der Waals surface area contributed by atoms with Crippen LogP contribution in [0.15, 0.2) is 29.3 Å². The monoisotopic (exact) mass is 384 g/mol. The molecule has 0 bridgehead atoms. The fourth-order valence-electron chi connectivity index (χ4n) is 3.36. The van der Waals surface area contributed by atoms with E-state index < -0.39 is 0 Å². The molecule has 0 atom stereocenters. The Hall–Kier alpha value is -2.25. The van der Waals surface area contributed by atoms with Crippen LogP contribution in [0.4, 0.5) is 5.69 Å². The van der Waals surface area contributed by atoms with Crippen LogP contribution in [0.2, 0.25) is 0 Å². The van der Waals surface area contributed by atoms with Gasteiger partial charge in [-0.15, -0.1) is 11.3 Å². The molecule has 0 fully saturated rings. The molecule has 2 aromatic heterocycles. The maximum Gasteiger partial charge on any atom is 0.281 e.